The molecule has 3 heterocycles. The zero-order chi connectivity index (χ0) is 27.2. The molecule has 0 spiro atoms. The van der Waals surface area contributed by atoms with Crippen LogP contribution in [0.1, 0.15) is 30.5 Å². The number of carbonyl (C=O) groups is 2. The lowest BCUT2D eigenvalue weighted by molar-refractivity contribution is -0.136. The van der Waals surface area contributed by atoms with Gasteiger partial charge in [0.2, 0.25) is 0 Å². The normalized spacial score (nSPS) is 15.3. The van der Waals surface area contributed by atoms with Crippen LogP contribution in [0.5, 0.6) is 0 Å². The Morgan fingerprint density at radius 2 is 1.61 bits per heavy atom. The third kappa shape index (κ3) is 4.39. The van der Waals surface area contributed by atoms with Crippen LogP contribution in [-0.4, -0.2) is 57.1 Å². The summed E-state index contributed by atoms with van der Waals surface area (Å²) in [4.78, 5) is 31.2. The van der Waals surface area contributed by atoms with E-state index in [1.165, 1.54) is 22.9 Å². The summed E-state index contributed by atoms with van der Waals surface area (Å²) in [6, 6.07) is 11.0. The number of aliphatic hydroxyl groups excluding tert-OH is 1. The Morgan fingerprint density at radius 3 is 2.29 bits per heavy atom. The van der Waals surface area contributed by atoms with Gasteiger partial charge >= 0.3 is 6.18 Å². The van der Waals surface area contributed by atoms with Gasteiger partial charge in [0.25, 0.3) is 11.8 Å². The number of nitrogens with zero attached hydrogens (tertiary/aromatic N) is 2. The molecule has 1 atom stereocenters. The summed E-state index contributed by atoms with van der Waals surface area (Å²) >= 11 is 0. The summed E-state index contributed by atoms with van der Waals surface area (Å²) < 4.78 is 43.7. The Balaban J connectivity index is 1.74. The highest BCUT2D eigenvalue weighted by molar-refractivity contribution is 6.50. The predicted molar refractivity (Wildman–Crippen MR) is 139 cm³/mol. The molecule has 1 aliphatic heterocycles. The van der Waals surface area contributed by atoms with Gasteiger partial charge in [-0.3, -0.25) is 14.9 Å². The van der Waals surface area contributed by atoms with E-state index in [1.807, 2.05) is 30.9 Å². The maximum atomic E-state index is 14.1. The molecule has 0 fully saturated rings. The van der Waals surface area contributed by atoms with Gasteiger partial charge in [0.05, 0.1) is 28.3 Å². The summed E-state index contributed by atoms with van der Waals surface area (Å²) in [7, 11) is 0. The minimum absolute atomic E-state index is 0.000982. The fourth-order valence-corrected chi connectivity index (χ4v) is 5.24. The topological polar surface area (TPSA) is 90.4 Å². The van der Waals surface area contributed by atoms with Crippen LogP contribution in [0, 0.1) is 0 Å². The number of halogens is 3. The molecule has 2 aromatic carbocycles. The first-order valence-corrected chi connectivity index (χ1v) is 12.4. The predicted octanol–water partition coefficient (Wildman–Crippen LogP) is 4.41. The number of benzene rings is 2. The molecule has 3 N–H and O–H groups in total. The summed E-state index contributed by atoms with van der Waals surface area (Å²) in [5, 5.41) is 14.0. The average molecular weight is 525 g/mol. The van der Waals surface area contributed by atoms with Gasteiger partial charge in [0.15, 0.2) is 0 Å². The number of nitrogens with one attached hydrogen (secondary N) is 2. The molecule has 1 aliphatic rings. The molecular formula is C28H27F3N4O3. The Morgan fingerprint density at radius 1 is 0.947 bits per heavy atom. The zero-order valence-electron chi connectivity index (χ0n) is 20.9. The first-order valence-electron chi connectivity index (χ1n) is 12.4. The van der Waals surface area contributed by atoms with Crippen LogP contribution < -0.4 is 5.32 Å². The van der Waals surface area contributed by atoms with Gasteiger partial charge in [-0.2, -0.15) is 13.2 Å². The second-order valence-corrected chi connectivity index (χ2v) is 9.32. The minimum Gasteiger partial charge on any atom is -0.390 e. The molecule has 0 saturated heterocycles. The molecule has 38 heavy (non-hydrogen) atoms. The van der Waals surface area contributed by atoms with Crippen LogP contribution in [0.25, 0.3) is 33.0 Å². The number of para-hydroxylation sites is 2. The number of fused-ring (bicyclic) bond motifs is 2. The number of hydrogen-bond acceptors (Lipinski definition) is 4. The lowest BCUT2D eigenvalue weighted by Gasteiger charge is -2.22. The quantitative estimate of drug-likeness (QED) is 0.298. The second-order valence-electron chi connectivity index (χ2n) is 9.32. The van der Waals surface area contributed by atoms with Gasteiger partial charge in [0, 0.05) is 52.9 Å². The van der Waals surface area contributed by atoms with Crippen molar-refractivity contribution >= 4 is 44.8 Å². The molecule has 1 unspecified atom stereocenters. The molecule has 2 aromatic heterocycles. The molecule has 7 nitrogen and oxygen atoms in total. The van der Waals surface area contributed by atoms with Crippen LogP contribution in [0.4, 0.5) is 13.2 Å². The highest BCUT2D eigenvalue weighted by atomic mass is 19.4. The largest absolute Gasteiger partial charge is 0.418 e. The van der Waals surface area contributed by atoms with Crippen molar-refractivity contribution in [3.05, 3.63) is 71.5 Å². The molecule has 0 bridgehead atoms. The van der Waals surface area contributed by atoms with Crippen LogP contribution >= 0.6 is 0 Å². The van der Waals surface area contributed by atoms with Crippen molar-refractivity contribution in [2.45, 2.75) is 32.7 Å². The fraction of sp³-hybridized carbons (Fsp3) is 0.286. The summed E-state index contributed by atoms with van der Waals surface area (Å²) in [6.07, 6.45) is -2.57. The minimum atomic E-state index is -4.67. The first kappa shape index (κ1) is 25.7. The van der Waals surface area contributed by atoms with E-state index in [2.05, 4.69) is 10.3 Å². The highest BCUT2D eigenvalue weighted by Crippen LogP contribution is 2.42. The molecule has 10 heteroatoms. The Bertz CT molecular complexity index is 1580. The van der Waals surface area contributed by atoms with E-state index in [9.17, 15) is 27.9 Å². The highest BCUT2D eigenvalue weighted by Gasteiger charge is 2.38. The van der Waals surface area contributed by atoms with Gasteiger partial charge in [0.1, 0.15) is 0 Å². The lowest BCUT2D eigenvalue weighted by atomic mass is 9.95. The molecule has 5 rings (SSSR count). The van der Waals surface area contributed by atoms with E-state index >= 15 is 0 Å². The Kier molecular flexibility index (Phi) is 6.62. The number of H-pyrrole nitrogens is 1. The number of alkyl halides is 3. The summed E-state index contributed by atoms with van der Waals surface area (Å²) in [5.74, 6) is -1.31. The van der Waals surface area contributed by atoms with Crippen molar-refractivity contribution in [2.75, 3.05) is 19.6 Å². The second kappa shape index (κ2) is 9.77. The maximum absolute atomic E-state index is 14.1. The van der Waals surface area contributed by atoms with Crippen molar-refractivity contribution in [1.29, 1.82) is 0 Å². The third-order valence-electron chi connectivity index (χ3n) is 7.03. The summed E-state index contributed by atoms with van der Waals surface area (Å²) in [6.45, 7) is 5.40. The first-order chi connectivity index (χ1) is 18.1. The van der Waals surface area contributed by atoms with Crippen molar-refractivity contribution in [2.24, 2.45) is 0 Å². The number of carbonyl (C=O) groups excluding carboxylic acids is 2. The van der Waals surface area contributed by atoms with E-state index in [-0.39, 0.29) is 40.7 Å². The van der Waals surface area contributed by atoms with E-state index in [0.29, 0.717) is 24.0 Å². The molecule has 0 aliphatic carbocycles. The monoisotopic (exact) mass is 524 g/mol. The fourth-order valence-electron chi connectivity index (χ4n) is 5.24. The van der Waals surface area contributed by atoms with E-state index in [0.717, 1.165) is 11.6 Å². The molecule has 0 saturated carbocycles. The van der Waals surface area contributed by atoms with Gasteiger partial charge < -0.3 is 19.6 Å². The van der Waals surface area contributed by atoms with E-state index in [1.54, 1.807) is 18.3 Å². The molecular weight excluding hydrogens is 497 g/mol. The number of aliphatic hydroxyl groups is 1. The smallest absolute Gasteiger partial charge is 0.390 e. The number of amides is 2. The number of hydrogen-bond donors (Lipinski definition) is 3. The van der Waals surface area contributed by atoms with Crippen molar-refractivity contribution < 1.29 is 27.9 Å². The number of likely N-dealkylation sites (N-methyl/N-ethyl adjacent to an activating group) is 1. The zero-order valence-corrected chi connectivity index (χ0v) is 20.9. The standard InChI is InChI=1S/C28H27F3N4O3/c1-3-34(4-2)13-16(36)14-35-15-20(18-9-7-10-21(25(18)35)28(29,30)31)24-23(26(37)33-27(24)38)19-12-32-22-11-6-5-8-17(19)22/h5-12,15-16,32,36H,3-4,13-14H2,1-2H3,(H,33,37,38). The Hall–Kier alpha value is -3.89. The SMILES string of the molecule is CCN(CC)CC(O)Cn1cc(C2=C(c3c[nH]c4ccccc34)C(=O)NC2=O)c2cccc(C(F)(F)F)c21. The average Bonchev–Trinajstić information content (AvgIpc) is 3.54. The van der Waals surface area contributed by atoms with E-state index in [4.69, 9.17) is 0 Å². The van der Waals surface area contributed by atoms with Crippen molar-refractivity contribution in [3.8, 4) is 0 Å². The van der Waals surface area contributed by atoms with Crippen molar-refractivity contribution in [1.82, 2.24) is 19.8 Å². The molecule has 4 aromatic rings. The summed E-state index contributed by atoms with van der Waals surface area (Å²) in [5.41, 5.74) is 0.497. The Labute approximate surface area is 216 Å². The number of aromatic amines is 1. The number of imide groups is 1. The van der Waals surface area contributed by atoms with Gasteiger partial charge in [-0.15, -0.1) is 0 Å². The van der Waals surface area contributed by atoms with Crippen LogP contribution in [-0.2, 0) is 22.3 Å². The van der Waals surface area contributed by atoms with Crippen LogP contribution in [0.2, 0.25) is 0 Å². The molecule has 2 amide bonds. The van der Waals surface area contributed by atoms with Gasteiger partial charge in [-0.05, 0) is 25.2 Å². The maximum Gasteiger partial charge on any atom is 0.418 e. The molecule has 198 valence electrons. The van der Waals surface area contributed by atoms with Crippen LogP contribution in [0.3, 0.4) is 0 Å². The van der Waals surface area contributed by atoms with E-state index < -0.39 is 29.7 Å². The molecule has 0 radical (unpaired) electrons. The van der Waals surface area contributed by atoms with Crippen LogP contribution in [0.15, 0.2) is 54.9 Å². The van der Waals surface area contributed by atoms with Gasteiger partial charge in [-0.1, -0.05) is 44.2 Å². The van der Waals surface area contributed by atoms with Gasteiger partial charge in [-0.25, -0.2) is 0 Å². The number of rotatable bonds is 8. The number of aromatic nitrogens is 2. The third-order valence-corrected chi connectivity index (χ3v) is 7.03. The lowest BCUT2D eigenvalue weighted by Crippen LogP contribution is -2.34. The van der Waals surface area contributed by atoms with Crippen molar-refractivity contribution in [3.63, 3.8) is 0 Å².